The van der Waals surface area contributed by atoms with Gasteiger partial charge in [-0.2, -0.15) is 0 Å². The summed E-state index contributed by atoms with van der Waals surface area (Å²) in [5.74, 6) is -2.12. The van der Waals surface area contributed by atoms with Gasteiger partial charge in [0.1, 0.15) is 0 Å². The van der Waals surface area contributed by atoms with Crippen LogP contribution in [0.2, 0.25) is 0 Å². The molecule has 1 unspecified atom stereocenters. The van der Waals surface area contributed by atoms with Crippen molar-refractivity contribution in [3.05, 3.63) is 29.6 Å². The number of carbonyl (C=O) groups is 2. The van der Waals surface area contributed by atoms with Gasteiger partial charge in [0.15, 0.2) is 17.6 Å². The molecule has 0 saturated heterocycles. The number of carbonyl (C=O) groups excluding carboxylic acids is 2. The zero-order chi connectivity index (χ0) is 14.4. The highest BCUT2D eigenvalue weighted by Crippen LogP contribution is 2.18. The van der Waals surface area contributed by atoms with E-state index in [0.29, 0.717) is 0 Å². The first-order chi connectivity index (χ1) is 9.03. The summed E-state index contributed by atoms with van der Waals surface area (Å²) in [6.45, 7) is -0.600. The molecule has 0 aromatic heterocycles. The van der Waals surface area contributed by atoms with Gasteiger partial charge in [0, 0.05) is 5.56 Å². The lowest BCUT2D eigenvalue weighted by Gasteiger charge is -2.14. The van der Waals surface area contributed by atoms with Crippen LogP contribution in [-0.4, -0.2) is 43.9 Å². The zero-order valence-electron chi connectivity index (χ0n) is 10.5. The van der Waals surface area contributed by atoms with Gasteiger partial charge in [-0.1, -0.05) is 0 Å². The highest BCUT2D eigenvalue weighted by Gasteiger charge is 2.21. The van der Waals surface area contributed by atoms with Gasteiger partial charge in [-0.15, -0.1) is 0 Å². The fourth-order valence-electron chi connectivity index (χ4n) is 1.36. The fraction of sp³-hybridized carbons (Fsp3) is 0.333. The highest BCUT2D eigenvalue weighted by molar-refractivity contribution is 5.97. The molecule has 0 saturated carbocycles. The predicted molar refractivity (Wildman–Crippen MR) is 63.3 cm³/mol. The molecule has 6 nitrogen and oxygen atoms in total. The molecule has 0 fully saturated rings. The van der Waals surface area contributed by atoms with E-state index in [4.69, 9.17) is 9.84 Å². The molecule has 0 aliphatic heterocycles. The lowest BCUT2D eigenvalue weighted by molar-refractivity contribution is -0.143. The largest absolute Gasteiger partial charge is 0.494 e. The van der Waals surface area contributed by atoms with Crippen molar-refractivity contribution in [2.75, 3.05) is 20.8 Å². The third-order valence-electron chi connectivity index (χ3n) is 2.39. The molecule has 19 heavy (non-hydrogen) atoms. The normalized spacial score (nSPS) is 11.6. The molecule has 0 heterocycles. The molecule has 1 aromatic rings. The Labute approximate surface area is 109 Å². The molecule has 0 aliphatic carbocycles. The second-order valence-corrected chi connectivity index (χ2v) is 3.58. The van der Waals surface area contributed by atoms with E-state index in [0.717, 1.165) is 13.2 Å². The molecule has 0 aliphatic rings. The summed E-state index contributed by atoms with van der Waals surface area (Å²) in [6.07, 6.45) is 0. The van der Waals surface area contributed by atoms with Gasteiger partial charge in [0.2, 0.25) is 0 Å². The van der Waals surface area contributed by atoms with Crippen molar-refractivity contribution in [3.63, 3.8) is 0 Å². The summed E-state index contributed by atoms with van der Waals surface area (Å²) in [4.78, 5) is 23.0. The van der Waals surface area contributed by atoms with Gasteiger partial charge in [0.05, 0.1) is 20.8 Å². The number of aliphatic hydroxyl groups excluding tert-OH is 1. The summed E-state index contributed by atoms with van der Waals surface area (Å²) in [5.41, 5.74) is 0.0978. The van der Waals surface area contributed by atoms with Crippen LogP contribution in [0.5, 0.6) is 5.75 Å². The van der Waals surface area contributed by atoms with E-state index in [9.17, 15) is 14.0 Å². The van der Waals surface area contributed by atoms with Crippen molar-refractivity contribution in [3.8, 4) is 5.75 Å². The lowest BCUT2D eigenvalue weighted by Crippen LogP contribution is -2.44. The van der Waals surface area contributed by atoms with E-state index < -0.39 is 30.3 Å². The van der Waals surface area contributed by atoms with Gasteiger partial charge < -0.3 is 19.9 Å². The third-order valence-corrected chi connectivity index (χ3v) is 2.39. The van der Waals surface area contributed by atoms with Crippen molar-refractivity contribution in [1.29, 1.82) is 0 Å². The number of aliphatic hydroxyl groups is 1. The molecule has 1 atom stereocenters. The van der Waals surface area contributed by atoms with Crippen LogP contribution in [0, 0.1) is 5.82 Å². The fourth-order valence-corrected chi connectivity index (χ4v) is 1.36. The van der Waals surface area contributed by atoms with Crippen LogP contribution in [0.1, 0.15) is 10.4 Å². The van der Waals surface area contributed by atoms with Crippen LogP contribution in [0.4, 0.5) is 4.39 Å². The minimum atomic E-state index is -1.17. The van der Waals surface area contributed by atoms with Crippen LogP contribution in [0.3, 0.4) is 0 Å². The molecule has 104 valence electrons. The van der Waals surface area contributed by atoms with Gasteiger partial charge in [-0.3, -0.25) is 4.79 Å². The summed E-state index contributed by atoms with van der Waals surface area (Å²) in [7, 11) is 2.41. The molecule has 7 heteroatoms. The van der Waals surface area contributed by atoms with E-state index >= 15 is 0 Å². The number of hydrogen-bond donors (Lipinski definition) is 2. The molecular weight excluding hydrogens is 257 g/mol. The van der Waals surface area contributed by atoms with Crippen molar-refractivity contribution in [1.82, 2.24) is 5.32 Å². The second-order valence-electron chi connectivity index (χ2n) is 3.58. The number of hydrogen-bond acceptors (Lipinski definition) is 5. The molecule has 1 amide bonds. The number of esters is 1. The average Bonchev–Trinajstić information content (AvgIpc) is 2.44. The quantitative estimate of drug-likeness (QED) is 0.742. The molecule has 0 spiro atoms. The number of methoxy groups -OCH3 is 2. The Balaban J connectivity index is 2.85. The second kappa shape index (κ2) is 6.69. The number of nitrogens with one attached hydrogen (secondary N) is 1. The first-order valence-corrected chi connectivity index (χ1v) is 5.36. The number of benzene rings is 1. The zero-order valence-corrected chi connectivity index (χ0v) is 10.5. The van der Waals surface area contributed by atoms with Crippen molar-refractivity contribution in [2.45, 2.75) is 6.04 Å². The van der Waals surface area contributed by atoms with Crippen LogP contribution >= 0.6 is 0 Å². The first-order valence-electron chi connectivity index (χ1n) is 5.36. The van der Waals surface area contributed by atoms with Gasteiger partial charge in [-0.25, -0.2) is 9.18 Å². The predicted octanol–water partition coefficient (Wildman–Crippen LogP) is 0.0980. The Bertz CT molecular complexity index is 477. The van der Waals surface area contributed by atoms with Crippen molar-refractivity contribution >= 4 is 11.9 Å². The summed E-state index contributed by atoms with van der Waals surface area (Å²) < 4.78 is 22.3. The average molecular weight is 271 g/mol. The van der Waals surface area contributed by atoms with Gasteiger partial charge in [0.25, 0.3) is 5.91 Å². The SMILES string of the molecule is COC(=O)C(CO)NC(=O)c1ccc(F)c(OC)c1. The molecule has 0 radical (unpaired) electrons. The summed E-state index contributed by atoms with van der Waals surface area (Å²) >= 11 is 0. The molecular formula is C12H14FNO5. The molecule has 2 N–H and O–H groups in total. The number of ether oxygens (including phenoxy) is 2. The molecule has 0 bridgehead atoms. The topological polar surface area (TPSA) is 84.9 Å². The number of rotatable bonds is 5. The van der Waals surface area contributed by atoms with E-state index in [1.54, 1.807) is 0 Å². The maximum Gasteiger partial charge on any atom is 0.330 e. The maximum atomic E-state index is 13.2. The van der Waals surface area contributed by atoms with Gasteiger partial charge in [-0.05, 0) is 18.2 Å². The lowest BCUT2D eigenvalue weighted by atomic mass is 10.2. The minimum absolute atomic E-state index is 0.0914. The Morgan fingerprint density at radius 1 is 1.42 bits per heavy atom. The summed E-state index contributed by atoms with van der Waals surface area (Å²) in [6, 6.07) is 2.32. The summed E-state index contributed by atoms with van der Waals surface area (Å²) in [5, 5.41) is 11.2. The maximum absolute atomic E-state index is 13.2. The van der Waals surface area contributed by atoms with E-state index in [-0.39, 0.29) is 11.3 Å². The smallest absolute Gasteiger partial charge is 0.330 e. The van der Waals surface area contributed by atoms with Crippen LogP contribution in [0.25, 0.3) is 0 Å². The number of halogens is 1. The van der Waals surface area contributed by atoms with E-state index in [2.05, 4.69) is 10.1 Å². The highest BCUT2D eigenvalue weighted by atomic mass is 19.1. The Morgan fingerprint density at radius 3 is 2.63 bits per heavy atom. The van der Waals surface area contributed by atoms with Crippen molar-refractivity contribution in [2.24, 2.45) is 0 Å². The third kappa shape index (κ3) is 3.65. The molecule has 1 aromatic carbocycles. The standard InChI is InChI=1S/C12H14FNO5/c1-18-10-5-7(3-4-8(10)13)11(16)14-9(6-15)12(17)19-2/h3-5,9,15H,6H2,1-2H3,(H,14,16). The van der Waals surface area contributed by atoms with Gasteiger partial charge >= 0.3 is 5.97 Å². The monoisotopic (exact) mass is 271 g/mol. The molecule has 1 rings (SSSR count). The minimum Gasteiger partial charge on any atom is -0.494 e. The Hall–Kier alpha value is -2.15. The van der Waals surface area contributed by atoms with E-state index in [1.807, 2.05) is 0 Å². The van der Waals surface area contributed by atoms with E-state index in [1.165, 1.54) is 19.2 Å². The van der Waals surface area contributed by atoms with Crippen LogP contribution in [0.15, 0.2) is 18.2 Å². The number of amides is 1. The van der Waals surface area contributed by atoms with Crippen LogP contribution in [-0.2, 0) is 9.53 Å². The Morgan fingerprint density at radius 2 is 2.11 bits per heavy atom. The Kier molecular flexibility index (Phi) is 5.25. The first kappa shape index (κ1) is 14.9. The van der Waals surface area contributed by atoms with Crippen LogP contribution < -0.4 is 10.1 Å². The van der Waals surface area contributed by atoms with Crippen molar-refractivity contribution < 1.29 is 28.6 Å².